The van der Waals surface area contributed by atoms with Crippen molar-refractivity contribution in [1.82, 2.24) is 9.80 Å². The van der Waals surface area contributed by atoms with Crippen LogP contribution >= 0.6 is 0 Å². The van der Waals surface area contributed by atoms with Gasteiger partial charge in [0, 0.05) is 51.0 Å². The number of hydrogen-bond donors (Lipinski definition) is 1. The molecule has 20 heavy (non-hydrogen) atoms. The number of benzene rings is 1. The van der Waals surface area contributed by atoms with E-state index in [1.807, 2.05) is 6.92 Å². The Morgan fingerprint density at radius 1 is 1.10 bits per heavy atom. The van der Waals surface area contributed by atoms with Gasteiger partial charge in [-0.3, -0.25) is 4.90 Å². The molecule has 4 nitrogen and oxygen atoms in total. The standard InChI is InChI=1S/C16H28N4/c1-14(17)15-4-6-16(7-5-15)20-12-10-19(11-13-20)9-8-18(2)3/h4-7,14H,8-13,17H2,1-3H3/t14-/m0/s1. The Kier molecular flexibility index (Phi) is 5.40. The van der Waals surface area contributed by atoms with Crippen LogP contribution in [0.4, 0.5) is 5.69 Å². The van der Waals surface area contributed by atoms with Crippen LogP contribution in [0.15, 0.2) is 24.3 Å². The highest BCUT2D eigenvalue weighted by atomic mass is 15.3. The Morgan fingerprint density at radius 2 is 1.70 bits per heavy atom. The third-order valence-corrected chi connectivity index (χ3v) is 4.02. The van der Waals surface area contributed by atoms with Crippen molar-refractivity contribution in [1.29, 1.82) is 0 Å². The van der Waals surface area contributed by atoms with Crippen molar-refractivity contribution < 1.29 is 0 Å². The summed E-state index contributed by atoms with van der Waals surface area (Å²) in [6, 6.07) is 8.83. The molecule has 0 amide bonds. The Labute approximate surface area is 123 Å². The van der Waals surface area contributed by atoms with Crippen LogP contribution in [-0.4, -0.2) is 63.2 Å². The fraction of sp³-hybridized carbons (Fsp3) is 0.625. The molecule has 0 spiro atoms. The third-order valence-electron chi connectivity index (χ3n) is 4.02. The molecule has 0 radical (unpaired) electrons. The molecule has 0 bridgehead atoms. The molecule has 0 unspecified atom stereocenters. The quantitative estimate of drug-likeness (QED) is 0.881. The van der Waals surface area contributed by atoms with E-state index in [-0.39, 0.29) is 6.04 Å². The topological polar surface area (TPSA) is 35.7 Å². The molecule has 0 aromatic heterocycles. The van der Waals surface area contributed by atoms with Gasteiger partial charge in [-0.15, -0.1) is 0 Å². The normalized spacial score (nSPS) is 18.6. The van der Waals surface area contributed by atoms with Gasteiger partial charge in [0.05, 0.1) is 0 Å². The molecule has 1 aromatic rings. The highest BCUT2D eigenvalue weighted by molar-refractivity contribution is 5.48. The first-order valence-corrected chi connectivity index (χ1v) is 7.54. The molecule has 1 atom stereocenters. The molecule has 1 aromatic carbocycles. The number of hydrogen-bond acceptors (Lipinski definition) is 4. The summed E-state index contributed by atoms with van der Waals surface area (Å²) in [5.41, 5.74) is 8.42. The number of anilines is 1. The number of likely N-dealkylation sites (N-methyl/N-ethyl adjacent to an activating group) is 1. The number of rotatable bonds is 5. The lowest BCUT2D eigenvalue weighted by atomic mass is 10.1. The molecular weight excluding hydrogens is 248 g/mol. The van der Waals surface area contributed by atoms with Crippen molar-refractivity contribution in [3.63, 3.8) is 0 Å². The van der Waals surface area contributed by atoms with Gasteiger partial charge in [-0.25, -0.2) is 0 Å². The van der Waals surface area contributed by atoms with Gasteiger partial charge in [0.2, 0.25) is 0 Å². The van der Waals surface area contributed by atoms with Crippen LogP contribution in [0.25, 0.3) is 0 Å². The van der Waals surface area contributed by atoms with E-state index in [0.717, 1.165) is 32.7 Å². The van der Waals surface area contributed by atoms with E-state index in [1.54, 1.807) is 0 Å². The monoisotopic (exact) mass is 276 g/mol. The fourth-order valence-electron chi connectivity index (χ4n) is 2.56. The zero-order valence-corrected chi connectivity index (χ0v) is 13.0. The van der Waals surface area contributed by atoms with Crippen molar-refractivity contribution in [3.8, 4) is 0 Å². The van der Waals surface area contributed by atoms with Gasteiger partial charge in [-0.2, -0.15) is 0 Å². The fourth-order valence-corrected chi connectivity index (χ4v) is 2.56. The van der Waals surface area contributed by atoms with Crippen LogP contribution in [0.2, 0.25) is 0 Å². The van der Waals surface area contributed by atoms with Crippen LogP contribution in [0.3, 0.4) is 0 Å². The van der Waals surface area contributed by atoms with Gasteiger partial charge >= 0.3 is 0 Å². The summed E-state index contributed by atoms with van der Waals surface area (Å²) in [4.78, 5) is 7.27. The van der Waals surface area contributed by atoms with Gasteiger partial charge in [-0.05, 0) is 38.7 Å². The van der Waals surface area contributed by atoms with E-state index in [9.17, 15) is 0 Å². The number of piperazine rings is 1. The molecule has 2 rings (SSSR count). The van der Waals surface area contributed by atoms with E-state index >= 15 is 0 Å². The van der Waals surface area contributed by atoms with E-state index in [0.29, 0.717) is 0 Å². The maximum absolute atomic E-state index is 5.89. The first-order chi connectivity index (χ1) is 9.56. The predicted molar refractivity (Wildman–Crippen MR) is 86.3 cm³/mol. The zero-order chi connectivity index (χ0) is 14.5. The molecule has 1 aliphatic heterocycles. The second kappa shape index (κ2) is 7.07. The van der Waals surface area contributed by atoms with Crippen LogP contribution in [0.5, 0.6) is 0 Å². The second-order valence-corrected chi connectivity index (χ2v) is 6.01. The minimum Gasteiger partial charge on any atom is -0.369 e. The lowest BCUT2D eigenvalue weighted by Crippen LogP contribution is -2.48. The minimum absolute atomic E-state index is 0.118. The Hall–Kier alpha value is -1.10. The van der Waals surface area contributed by atoms with Crippen molar-refractivity contribution in [2.45, 2.75) is 13.0 Å². The third kappa shape index (κ3) is 4.20. The lowest BCUT2D eigenvalue weighted by Gasteiger charge is -2.36. The summed E-state index contributed by atoms with van der Waals surface area (Å²) in [6.45, 7) is 8.88. The molecule has 1 aliphatic rings. The zero-order valence-electron chi connectivity index (χ0n) is 13.0. The highest BCUT2D eigenvalue weighted by Crippen LogP contribution is 2.19. The van der Waals surface area contributed by atoms with E-state index in [1.165, 1.54) is 17.8 Å². The maximum Gasteiger partial charge on any atom is 0.0367 e. The van der Waals surface area contributed by atoms with E-state index in [4.69, 9.17) is 5.73 Å². The lowest BCUT2D eigenvalue weighted by molar-refractivity contribution is 0.229. The summed E-state index contributed by atoms with van der Waals surface area (Å²) in [5, 5.41) is 0. The summed E-state index contributed by atoms with van der Waals surface area (Å²) in [7, 11) is 4.27. The first-order valence-electron chi connectivity index (χ1n) is 7.54. The van der Waals surface area contributed by atoms with Crippen molar-refractivity contribution in [2.75, 3.05) is 58.3 Å². The molecule has 1 saturated heterocycles. The number of nitrogens with zero attached hydrogens (tertiary/aromatic N) is 3. The summed E-state index contributed by atoms with van der Waals surface area (Å²) in [6.07, 6.45) is 0. The van der Waals surface area contributed by atoms with E-state index < -0.39 is 0 Å². The first kappa shape index (κ1) is 15.3. The van der Waals surface area contributed by atoms with Crippen LogP contribution < -0.4 is 10.6 Å². The van der Waals surface area contributed by atoms with Crippen molar-refractivity contribution in [2.24, 2.45) is 5.73 Å². The SMILES string of the molecule is C[C@H](N)c1ccc(N2CCN(CCN(C)C)CC2)cc1. The Balaban J connectivity index is 1.84. The minimum atomic E-state index is 0.118. The number of nitrogens with two attached hydrogens (primary N) is 1. The van der Waals surface area contributed by atoms with Gasteiger partial charge in [0.1, 0.15) is 0 Å². The molecule has 1 heterocycles. The van der Waals surface area contributed by atoms with Crippen LogP contribution in [-0.2, 0) is 0 Å². The average molecular weight is 276 g/mol. The summed E-state index contributed by atoms with van der Waals surface area (Å²) in [5.74, 6) is 0. The molecule has 2 N–H and O–H groups in total. The molecule has 4 heteroatoms. The Bertz CT molecular complexity index is 391. The van der Waals surface area contributed by atoms with Gasteiger partial charge < -0.3 is 15.5 Å². The van der Waals surface area contributed by atoms with Gasteiger partial charge in [0.15, 0.2) is 0 Å². The molecular formula is C16H28N4. The summed E-state index contributed by atoms with van der Waals surface area (Å²) < 4.78 is 0. The smallest absolute Gasteiger partial charge is 0.0367 e. The average Bonchev–Trinajstić information content (AvgIpc) is 2.46. The van der Waals surface area contributed by atoms with E-state index in [2.05, 4.69) is 53.1 Å². The van der Waals surface area contributed by atoms with Gasteiger partial charge in [-0.1, -0.05) is 12.1 Å². The molecule has 112 valence electrons. The van der Waals surface area contributed by atoms with Gasteiger partial charge in [0.25, 0.3) is 0 Å². The molecule has 1 fully saturated rings. The highest BCUT2D eigenvalue weighted by Gasteiger charge is 2.17. The predicted octanol–water partition coefficient (Wildman–Crippen LogP) is 1.39. The van der Waals surface area contributed by atoms with Crippen LogP contribution in [0.1, 0.15) is 18.5 Å². The van der Waals surface area contributed by atoms with Crippen molar-refractivity contribution >= 4 is 5.69 Å². The Morgan fingerprint density at radius 3 is 2.20 bits per heavy atom. The molecule has 0 aliphatic carbocycles. The molecule has 0 saturated carbocycles. The van der Waals surface area contributed by atoms with Crippen LogP contribution in [0, 0.1) is 0 Å². The summed E-state index contributed by atoms with van der Waals surface area (Å²) >= 11 is 0. The maximum atomic E-state index is 5.89. The second-order valence-electron chi connectivity index (χ2n) is 6.01. The largest absolute Gasteiger partial charge is 0.369 e. The van der Waals surface area contributed by atoms with Crippen molar-refractivity contribution in [3.05, 3.63) is 29.8 Å².